The Morgan fingerprint density at radius 1 is 0.467 bits per heavy atom. The van der Waals surface area contributed by atoms with E-state index < -0.39 is 0 Å². The van der Waals surface area contributed by atoms with Crippen LogP contribution in [0.25, 0.3) is 0 Å². The van der Waals surface area contributed by atoms with Gasteiger partial charge in [-0.25, -0.2) is 0 Å². The molecule has 0 unspecified atom stereocenters. The first-order valence-corrected chi connectivity index (χ1v) is 23.6. The predicted octanol–water partition coefficient (Wildman–Crippen LogP) is 11.8. The van der Waals surface area contributed by atoms with Crippen LogP contribution < -0.4 is 20.7 Å². The van der Waals surface area contributed by atoms with Crippen molar-refractivity contribution in [3.63, 3.8) is 0 Å². The summed E-state index contributed by atoms with van der Waals surface area (Å²) in [6, 6.07) is 27.5. The number of nitrogens with one attached hydrogen (secondary N) is 3. The quantitative estimate of drug-likeness (QED) is 0.145. The number of rotatable bonds is 0. The van der Waals surface area contributed by atoms with Gasteiger partial charge in [-0.3, -0.25) is 9.97 Å². The molecule has 6 nitrogen and oxygen atoms in total. The van der Waals surface area contributed by atoms with E-state index in [0.717, 1.165) is 70.9 Å². The van der Waals surface area contributed by atoms with Crippen LogP contribution in [0.2, 0.25) is 0 Å². The molecule has 0 atom stereocenters. The van der Waals surface area contributed by atoms with Crippen molar-refractivity contribution in [1.29, 1.82) is 0 Å². The molecule has 10 rings (SSSR count). The smallest absolute Gasteiger partial charge is 0.122 e. The zero-order chi connectivity index (χ0) is 44.1. The third-order valence-electron chi connectivity index (χ3n) is 9.82. The Kier molecular flexibility index (Phi) is 32.9. The maximum atomic E-state index is 5.42. The first-order chi connectivity index (χ1) is 29.8. The number of benzene rings is 2. The van der Waals surface area contributed by atoms with E-state index in [1.54, 1.807) is 11.0 Å². The van der Waals surface area contributed by atoms with Crippen molar-refractivity contribution < 1.29 is 4.74 Å². The Hall–Kier alpha value is -4.17. The van der Waals surface area contributed by atoms with E-state index in [1.165, 1.54) is 77.6 Å². The summed E-state index contributed by atoms with van der Waals surface area (Å²) in [6.45, 7) is 29.5. The molecule has 7 heteroatoms. The Morgan fingerprint density at radius 2 is 1.02 bits per heavy atom. The molecule has 0 bridgehead atoms. The molecule has 0 spiro atoms. The minimum absolute atomic E-state index is 0.886. The summed E-state index contributed by atoms with van der Waals surface area (Å²) in [5.41, 5.74) is 12.9. The molecular formula is C53H82BN5O. The fraction of sp³-hybridized carbons (Fsp3) is 0.491. The molecule has 60 heavy (non-hydrogen) atoms. The van der Waals surface area contributed by atoms with Crippen molar-refractivity contribution in [2.75, 3.05) is 26.2 Å². The number of pyridine rings is 2. The molecule has 0 amide bonds. The third kappa shape index (κ3) is 20.4. The van der Waals surface area contributed by atoms with E-state index in [1.807, 2.05) is 106 Å². The molecule has 0 radical (unpaired) electrons. The molecule has 3 N–H and O–H groups in total. The van der Waals surface area contributed by atoms with Gasteiger partial charge in [-0.15, -0.1) is 0 Å². The van der Waals surface area contributed by atoms with Crippen LogP contribution >= 0.6 is 0 Å². The molecule has 2 aromatic carbocycles. The molecule has 0 fully saturated rings. The number of fused-ring (bicyclic) bond motifs is 5. The Balaban J connectivity index is 0.000000356. The molecule has 1 aliphatic carbocycles. The molecule has 5 aliphatic rings. The van der Waals surface area contributed by atoms with Crippen LogP contribution in [0.15, 0.2) is 103 Å². The Labute approximate surface area is 368 Å². The topological polar surface area (TPSA) is 71.1 Å². The minimum Gasteiger partial charge on any atom is -0.493 e. The van der Waals surface area contributed by atoms with E-state index in [9.17, 15) is 0 Å². The summed E-state index contributed by atoms with van der Waals surface area (Å²) in [6.07, 6.45) is 16.8. The monoisotopic (exact) mass is 816 g/mol. The van der Waals surface area contributed by atoms with Gasteiger partial charge >= 0.3 is 61.7 Å². The van der Waals surface area contributed by atoms with E-state index in [2.05, 4.69) is 99.5 Å². The number of para-hydroxylation sites is 1. The summed E-state index contributed by atoms with van der Waals surface area (Å²) < 4.78 is 5.42. The number of ether oxygens (including phenoxy) is 1. The minimum atomic E-state index is 0.886. The van der Waals surface area contributed by atoms with Gasteiger partial charge in [0, 0.05) is 56.9 Å². The first-order valence-electron chi connectivity index (χ1n) is 23.6. The fourth-order valence-electron chi connectivity index (χ4n) is 6.98. The van der Waals surface area contributed by atoms with Crippen molar-refractivity contribution in [3.8, 4) is 5.75 Å². The molecular weight excluding hydrogens is 733 g/mol. The van der Waals surface area contributed by atoms with Gasteiger partial charge in [0.1, 0.15) is 5.75 Å². The molecule has 7 heterocycles. The van der Waals surface area contributed by atoms with Gasteiger partial charge in [0.25, 0.3) is 0 Å². The largest absolute Gasteiger partial charge is 0.493 e. The average Bonchev–Trinajstić information content (AvgIpc) is 3.38. The number of nitrogens with zero attached hydrogens (tertiary/aromatic N) is 2. The first kappa shape index (κ1) is 53.9. The van der Waals surface area contributed by atoms with Crippen LogP contribution in [-0.4, -0.2) is 43.1 Å². The van der Waals surface area contributed by atoms with Crippen molar-refractivity contribution in [2.24, 2.45) is 0 Å². The van der Waals surface area contributed by atoms with Crippen LogP contribution in [0.3, 0.4) is 0 Å². The normalized spacial score (nSPS) is 14.0. The van der Waals surface area contributed by atoms with Gasteiger partial charge in [-0.05, 0) is 90.4 Å². The van der Waals surface area contributed by atoms with E-state index in [0.29, 0.717) is 0 Å². The molecule has 5 aromatic rings. The second-order valence-electron chi connectivity index (χ2n) is 13.3. The summed E-state index contributed by atoms with van der Waals surface area (Å²) in [7, 11) is 0. The Morgan fingerprint density at radius 3 is 1.67 bits per heavy atom. The summed E-state index contributed by atoms with van der Waals surface area (Å²) in [4.78, 5) is 8.35. The standard InChI is InChI=1S/C9H11B.C9H11N.C9H10O.2C8H10N2.5C2H6/c1-2-6-9-8(4-1)5-3-7-10-9;1-2-4-9-7-10-6-5-8(9)3-1;1-2-6-9-8(4-1)5-3-7-10-9;1-3-9-6-8-2-4-10-5-7(1)8;1-2-7-6-9-5-3-8(7)10-4-1;5*1-2/h3,5,7H,1-2,4,6H2;1-4,10H,5-7H2;1-2,4,6H,3,5,7H2;1,3,6,10H,2,4-5H2;1-2,4,9H,3,5-6H2;5*1-2H3. The third-order valence-corrected chi connectivity index (χ3v) is 9.82. The predicted molar refractivity (Wildman–Crippen MR) is 263 cm³/mol. The van der Waals surface area contributed by atoms with Gasteiger partial charge in [-0.1, -0.05) is 118 Å². The zero-order valence-corrected chi connectivity index (χ0v) is 39.5. The summed E-state index contributed by atoms with van der Waals surface area (Å²) >= 11 is 0. The maximum absolute atomic E-state index is 5.42. The maximum Gasteiger partial charge on any atom is 0.122 e. The summed E-state index contributed by atoms with van der Waals surface area (Å²) in [5, 5.41) is 9.95. The number of aromatic nitrogens is 2. The summed E-state index contributed by atoms with van der Waals surface area (Å²) in [5.74, 6) is 3.22. The van der Waals surface area contributed by atoms with Crippen LogP contribution in [0.1, 0.15) is 139 Å². The van der Waals surface area contributed by atoms with Gasteiger partial charge in [0.2, 0.25) is 0 Å². The van der Waals surface area contributed by atoms with E-state index in [4.69, 9.17) is 4.74 Å². The number of aryl methyl sites for hydroxylation is 3. The molecule has 4 aliphatic heterocycles. The second-order valence-corrected chi connectivity index (χ2v) is 13.3. The number of hydrogen-bond donors (Lipinski definition) is 3. The average molecular weight is 816 g/mol. The Bertz CT molecular complexity index is 1340. The van der Waals surface area contributed by atoms with E-state index in [-0.39, 0.29) is 0 Å². The van der Waals surface area contributed by atoms with Crippen LogP contribution in [0.4, 0.5) is 0 Å². The molecule has 0 saturated carbocycles. The van der Waals surface area contributed by atoms with Crippen LogP contribution in [0, 0.1) is 0 Å². The SMILES string of the molecule is CC.CC.CC.CC.CC.b1cccc2c1CCCC2.c1cc2c(cn1)CCNC2.c1ccc2c(c1)CCCO2.c1ccc2c(c1)CCNC2.c1cnc2c(c1)CNCC2. The van der Waals surface area contributed by atoms with Gasteiger partial charge < -0.3 is 20.7 Å². The van der Waals surface area contributed by atoms with Gasteiger partial charge in [-0.2, -0.15) is 0 Å². The van der Waals surface area contributed by atoms with Gasteiger partial charge in [0.05, 0.1) is 6.61 Å². The van der Waals surface area contributed by atoms with Crippen molar-refractivity contribution in [2.45, 2.75) is 147 Å². The van der Waals surface area contributed by atoms with E-state index >= 15 is 0 Å². The van der Waals surface area contributed by atoms with Crippen molar-refractivity contribution in [1.82, 2.24) is 25.9 Å². The van der Waals surface area contributed by atoms with Crippen LogP contribution in [-0.2, 0) is 58.2 Å². The molecule has 0 saturated heterocycles. The van der Waals surface area contributed by atoms with Gasteiger partial charge in [0.15, 0.2) is 0 Å². The van der Waals surface area contributed by atoms with Crippen molar-refractivity contribution in [3.05, 3.63) is 154 Å². The second kappa shape index (κ2) is 36.7. The number of hydrogen-bond acceptors (Lipinski definition) is 6. The molecule has 3 aromatic heterocycles. The fourth-order valence-corrected chi connectivity index (χ4v) is 6.98. The van der Waals surface area contributed by atoms with Crippen LogP contribution in [0.5, 0.6) is 5.75 Å². The van der Waals surface area contributed by atoms with Crippen molar-refractivity contribution >= 4 is 6.91 Å². The molecule has 328 valence electrons. The zero-order valence-electron chi connectivity index (χ0n) is 39.5.